The lowest BCUT2D eigenvalue weighted by Crippen LogP contribution is -2.39. The molecule has 0 amide bonds. The largest absolute Gasteiger partial charge is 0.479 e. The second kappa shape index (κ2) is 12.0. The molecule has 3 heterocycles. The minimum absolute atomic E-state index is 0.262. The van der Waals surface area contributed by atoms with Gasteiger partial charge in [-0.1, -0.05) is 61.9 Å². The van der Waals surface area contributed by atoms with Crippen molar-refractivity contribution in [3.63, 3.8) is 0 Å². The Morgan fingerprint density at radius 3 is 2.28 bits per heavy atom. The number of aromatic nitrogens is 1. The van der Waals surface area contributed by atoms with Crippen LogP contribution in [0.1, 0.15) is 92.8 Å². The van der Waals surface area contributed by atoms with Crippen LogP contribution in [-0.4, -0.2) is 46.2 Å². The maximum atomic E-state index is 12.8. The lowest BCUT2D eigenvalue weighted by Gasteiger charge is -2.41. The molecule has 0 spiro atoms. The Morgan fingerprint density at radius 1 is 0.977 bits per heavy atom. The van der Waals surface area contributed by atoms with Crippen molar-refractivity contribution in [2.24, 2.45) is 5.41 Å². The first kappa shape index (κ1) is 31.2. The van der Waals surface area contributed by atoms with E-state index >= 15 is 0 Å². The maximum Gasteiger partial charge on any atom is 0.337 e. The first-order valence-corrected chi connectivity index (χ1v) is 15.8. The Morgan fingerprint density at radius 2 is 1.65 bits per heavy atom. The van der Waals surface area contributed by atoms with Crippen LogP contribution in [0.3, 0.4) is 0 Å². The van der Waals surface area contributed by atoms with Gasteiger partial charge >= 0.3 is 5.97 Å². The number of nitrogens with zero attached hydrogens (tertiary/aromatic N) is 3. The molecule has 1 saturated heterocycles. The molecule has 2 aliphatic heterocycles. The quantitative estimate of drug-likeness (QED) is 0.306. The van der Waals surface area contributed by atoms with Gasteiger partial charge in [-0.15, -0.1) is 0 Å². The molecule has 5 rings (SSSR count). The Bertz CT molecular complexity index is 1480. The summed E-state index contributed by atoms with van der Waals surface area (Å²) in [6.45, 7) is 21.1. The highest BCUT2D eigenvalue weighted by atomic mass is 16.5. The summed E-state index contributed by atoms with van der Waals surface area (Å²) in [6, 6.07) is 15.7. The van der Waals surface area contributed by atoms with Gasteiger partial charge in [-0.25, -0.2) is 4.79 Å². The highest BCUT2D eigenvalue weighted by molar-refractivity contribution is 5.88. The van der Waals surface area contributed by atoms with Gasteiger partial charge in [0.1, 0.15) is 0 Å². The molecule has 1 N–H and O–H groups in total. The number of aryl methyl sites for hydroxylation is 3. The normalized spacial score (nSPS) is 17.9. The van der Waals surface area contributed by atoms with Crippen LogP contribution in [0.4, 0.5) is 5.69 Å². The van der Waals surface area contributed by atoms with Crippen molar-refractivity contribution in [3.8, 4) is 11.1 Å². The number of carboxylic acids is 1. The standard InChI is InChI=1S/C37H49N3O3/c1-24-9-11-27(12-10-24)22-39-18-15-28-21-29(13-14-30(28)23-39)31-25(2)38-26(3)32(34(35(41)42)43-36(4,5)6)33(31)40-19-16-37(7,8)17-20-40/h9-14,21,34H,15-20,22-23H2,1-8H3,(H,41,42). The molecule has 0 saturated carbocycles. The Hall–Kier alpha value is -3.22. The van der Waals surface area contributed by atoms with E-state index in [0.29, 0.717) is 5.56 Å². The second-order valence-electron chi connectivity index (χ2n) is 14.4. The van der Waals surface area contributed by atoms with Gasteiger partial charge in [0.05, 0.1) is 11.3 Å². The van der Waals surface area contributed by atoms with E-state index < -0.39 is 17.7 Å². The predicted molar refractivity (Wildman–Crippen MR) is 175 cm³/mol. The summed E-state index contributed by atoms with van der Waals surface area (Å²) in [5.41, 5.74) is 10.5. The van der Waals surface area contributed by atoms with Gasteiger partial charge in [0.2, 0.25) is 0 Å². The Labute approximate surface area is 258 Å². The van der Waals surface area contributed by atoms with Crippen molar-refractivity contribution in [2.75, 3.05) is 24.5 Å². The number of ether oxygens (including phenoxy) is 1. The van der Waals surface area contributed by atoms with Gasteiger partial charge in [-0.3, -0.25) is 9.88 Å². The third kappa shape index (κ3) is 7.13. The summed E-state index contributed by atoms with van der Waals surface area (Å²) < 4.78 is 6.26. The molecule has 2 aliphatic rings. The molecule has 230 valence electrons. The summed E-state index contributed by atoms with van der Waals surface area (Å²) in [7, 11) is 0. The second-order valence-corrected chi connectivity index (χ2v) is 14.4. The van der Waals surface area contributed by atoms with E-state index in [1.54, 1.807) is 0 Å². The fraction of sp³-hybridized carbons (Fsp3) is 0.514. The van der Waals surface area contributed by atoms with Gasteiger partial charge in [-0.2, -0.15) is 0 Å². The molecule has 1 atom stereocenters. The molecule has 2 aromatic carbocycles. The van der Waals surface area contributed by atoms with Crippen molar-refractivity contribution in [1.82, 2.24) is 9.88 Å². The molecule has 3 aromatic rings. The number of carboxylic acid groups (broad SMARTS) is 1. The number of fused-ring (bicyclic) bond motifs is 1. The van der Waals surface area contributed by atoms with E-state index in [9.17, 15) is 9.90 Å². The van der Waals surface area contributed by atoms with Crippen LogP contribution in [0.25, 0.3) is 11.1 Å². The lowest BCUT2D eigenvalue weighted by atomic mass is 9.81. The number of anilines is 1. The zero-order valence-corrected chi connectivity index (χ0v) is 27.4. The van der Waals surface area contributed by atoms with Crippen LogP contribution in [0.2, 0.25) is 0 Å². The van der Waals surface area contributed by atoms with Crippen molar-refractivity contribution >= 4 is 11.7 Å². The van der Waals surface area contributed by atoms with Crippen LogP contribution in [0.15, 0.2) is 42.5 Å². The zero-order chi connectivity index (χ0) is 31.1. The molecule has 0 aliphatic carbocycles. The van der Waals surface area contributed by atoms with Crippen LogP contribution >= 0.6 is 0 Å². The zero-order valence-electron chi connectivity index (χ0n) is 27.4. The number of hydrogen-bond donors (Lipinski definition) is 1. The summed E-state index contributed by atoms with van der Waals surface area (Å²) >= 11 is 0. The molecular formula is C37H49N3O3. The number of pyridine rings is 1. The monoisotopic (exact) mass is 583 g/mol. The first-order valence-electron chi connectivity index (χ1n) is 15.8. The van der Waals surface area contributed by atoms with E-state index in [1.807, 2.05) is 27.7 Å². The first-order chi connectivity index (χ1) is 20.2. The molecule has 6 nitrogen and oxygen atoms in total. The van der Waals surface area contributed by atoms with Crippen LogP contribution < -0.4 is 4.90 Å². The molecule has 0 bridgehead atoms. The van der Waals surface area contributed by atoms with E-state index in [2.05, 4.69) is 80.0 Å². The summed E-state index contributed by atoms with van der Waals surface area (Å²) in [5, 5.41) is 10.5. The molecule has 1 unspecified atom stereocenters. The number of piperidine rings is 1. The Balaban J connectivity index is 1.56. The van der Waals surface area contributed by atoms with Crippen molar-refractivity contribution in [2.45, 2.75) is 99.4 Å². The average Bonchev–Trinajstić information content (AvgIpc) is 2.92. The fourth-order valence-electron chi connectivity index (χ4n) is 6.61. The van der Waals surface area contributed by atoms with Gasteiger partial charge in [0, 0.05) is 55.2 Å². The van der Waals surface area contributed by atoms with E-state index in [1.165, 1.54) is 22.3 Å². The van der Waals surface area contributed by atoms with Gasteiger partial charge in [0.15, 0.2) is 6.10 Å². The molecule has 1 fully saturated rings. The van der Waals surface area contributed by atoms with Crippen molar-refractivity contribution in [3.05, 3.63) is 81.7 Å². The fourth-order valence-corrected chi connectivity index (χ4v) is 6.61. The van der Waals surface area contributed by atoms with Gasteiger partial charge < -0.3 is 14.7 Å². The number of rotatable bonds is 7. The molecule has 43 heavy (non-hydrogen) atoms. The topological polar surface area (TPSA) is 65.9 Å². The van der Waals surface area contributed by atoms with E-state index in [-0.39, 0.29) is 5.41 Å². The lowest BCUT2D eigenvalue weighted by molar-refractivity contribution is -0.160. The molecular weight excluding hydrogens is 534 g/mol. The summed E-state index contributed by atoms with van der Waals surface area (Å²) in [6.07, 6.45) is 1.97. The third-order valence-corrected chi connectivity index (χ3v) is 9.08. The average molecular weight is 584 g/mol. The summed E-state index contributed by atoms with van der Waals surface area (Å²) in [5.74, 6) is -0.979. The van der Waals surface area contributed by atoms with Crippen LogP contribution in [0, 0.1) is 26.2 Å². The van der Waals surface area contributed by atoms with Gasteiger partial charge in [0.25, 0.3) is 0 Å². The van der Waals surface area contributed by atoms with Gasteiger partial charge in [-0.05, 0) is 88.5 Å². The smallest absolute Gasteiger partial charge is 0.337 e. The number of benzene rings is 2. The summed E-state index contributed by atoms with van der Waals surface area (Å²) in [4.78, 5) is 22.7. The van der Waals surface area contributed by atoms with Crippen molar-refractivity contribution in [1.29, 1.82) is 0 Å². The number of carbonyl (C=O) groups is 1. The molecule has 6 heteroatoms. The molecule has 1 aromatic heterocycles. The molecule has 0 radical (unpaired) electrons. The minimum Gasteiger partial charge on any atom is -0.479 e. The Kier molecular flexibility index (Phi) is 8.75. The van der Waals surface area contributed by atoms with Crippen LogP contribution in [0.5, 0.6) is 0 Å². The van der Waals surface area contributed by atoms with Crippen molar-refractivity contribution < 1.29 is 14.6 Å². The minimum atomic E-state index is -1.11. The third-order valence-electron chi connectivity index (χ3n) is 9.08. The SMILES string of the molecule is Cc1ccc(CN2CCc3cc(-c4c(C)nc(C)c(C(OC(C)(C)C)C(=O)O)c4N4CCC(C)(C)CC4)ccc3C2)cc1. The highest BCUT2D eigenvalue weighted by Gasteiger charge is 2.36. The predicted octanol–water partition coefficient (Wildman–Crippen LogP) is 7.80. The highest BCUT2D eigenvalue weighted by Crippen LogP contribution is 2.45. The number of aliphatic carboxylic acids is 1. The number of hydrogen-bond acceptors (Lipinski definition) is 5. The van der Waals surface area contributed by atoms with E-state index in [0.717, 1.165) is 80.2 Å². The van der Waals surface area contributed by atoms with Crippen LogP contribution in [-0.2, 0) is 29.0 Å². The van der Waals surface area contributed by atoms with E-state index in [4.69, 9.17) is 9.72 Å². The maximum absolute atomic E-state index is 12.8.